The van der Waals surface area contributed by atoms with Crippen molar-refractivity contribution in [3.63, 3.8) is 0 Å². The van der Waals surface area contributed by atoms with Crippen molar-refractivity contribution in [2.24, 2.45) is 5.73 Å². The zero-order chi connectivity index (χ0) is 13.8. The third-order valence-corrected chi connectivity index (χ3v) is 4.38. The van der Waals surface area contributed by atoms with Crippen LogP contribution in [0, 0.1) is 0 Å². The Morgan fingerprint density at radius 3 is 2.68 bits per heavy atom. The van der Waals surface area contributed by atoms with E-state index in [9.17, 15) is 0 Å². The highest BCUT2D eigenvalue weighted by Crippen LogP contribution is 2.31. The first kappa shape index (κ1) is 14.4. The van der Waals surface area contributed by atoms with Gasteiger partial charge in [-0.15, -0.1) is 11.3 Å². The summed E-state index contributed by atoms with van der Waals surface area (Å²) in [4.78, 5) is 1.16. The van der Waals surface area contributed by atoms with E-state index in [-0.39, 0.29) is 6.04 Å². The summed E-state index contributed by atoms with van der Waals surface area (Å²) < 4.78 is 12.2. The third kappa shape index (κ3) is 3.72. The van der Waals surface area contributed by atoms with E-state index in [4.69, 9.17) is 15.2 Å². The molecule has 102 valence electrons. The number of thiophene rings is 1. The second-order valence-corrected chi connectivity index (χ2v) is 6.13. The summed E-state index contributed by atoms with van der Waals surface area (Å²) in [5.41, 5.74) is 6.89. The van der Waals surface area contributed by atoms with Crippen molar-refractivity contribution in [3.05, 3.63) is 44.6 Å². The van der Waals surface area contributed by atoms with Crippen LogP contribution in [0.15, 0.2) is 34.1 Å². The van der Waals surface area contributed by atoms with Gasteiger partial charge in [0.05, 0.1) is 7.11 Å². The maximum absolute atomic E-state index is 5.86. The molecule has 0 saturated heterocycles. The molecule has 0 aliphatic carbocycles. The van der Waals surface area contributed by atoms with Crippen LogP contribution in [0.25, 0.3) is 0 Å². The number of hydrogen-bond acceptors (Lipinski definition) is 4. The fourth-order valence-corrected chi connectivity index (χ4v) is 3.03. The van der Waals surface area contributed by atoms with Crippen LogP contribution in [0.4, 0.5) is 0 Å². The fraction of sp³-hybridized carbons (Fsp3) is 0.286. The maximum atomic E-state index is 5.86. The van der Waals surface area contributed by atoms with E-state index in [0.717, 1.165) is 20.7 Å². The molecular weight excluding hydrogens is 326 g/mol. The van der Waals surface area contributed by atoms with Crippen molar-refractivity contribution in [2.45, 2.75) is 19.6 Å². The standard InChI is InChI=1S/C14H16BrNO2S/c1-9(16)10-3-4-13(14(5-10)17-2)18-7-12-6-11(15)8-19-12/h3-6,8-9H,7,16H2,1-2H3. The molecule has 1 aromatic carbocycles. The van der Waals surface area contributed by atoms with Crippen molar-refractivity contribution in [3.8, 4) is 11.5 Å². The minimum atomic E-state index is -0.0174. The monoisotopic (exact) mass is 341 g/mol. The lowest BCUT2D eigenvalue weighted by atomic mass is 10.1. The number of ether oxygens (including phenoxy) is 2. The smallest absolute Gasteiger partial charge is 0.161 e. The lowest BCUT2D eigenvalue weighted by molar-refractivity contribution is 0.287. The van der Waals surface area contributed by atoms with Gasteiger partial charge in [-0.3, -0.25) is 0 Å². The number of methoxy groups -OCH3 is 1. The number of nitrogens with two attached hydrogens (primary N) is 1. The van der Waals surface area contributed by atoms with Gasteiger partial charge < -0.3 is 15.2 Å². The minimum absolute atomic E-state index is 0.0174. The van der Waals surface area contributed by atoms with E-state index >= 15 is 0 Å². The van der Waals surface area contributed by atoms with Gasteiger partial charge in [-0.1, -0.05) is 6.07 Å². The van der Waals surface area contributed by atoms with Gasteiger partial charge in [-0.2, -0.15) is 0 Å². The Kier molecular flexibility index (Phi) is 4.85. The molecule has 2 N–H and O–H groups in total. The van der Waals surface area contributed by atoms with Crippen molar-refractivity contribution < 1.29 is 9.47 Å². The molecule has 0 fully saturated rings. The average Bonchev–Trinajstić information content (AvgIpc) is 2.81. The quantitative estimate of drug-likeness (QED) is 0.889. The first-order valence-electron chi connectivity index (χ1n) is 5.89. The third-order valence-electron chi connectivity index (χ3n) is 2.71. The summed E-state index contributed by atoms with van der Waals surface area (Å²) in [5, 5.41) is 2.04. The van der Waals surface area contributed by atoms with E-state index < -0.39 is 0 Å². The summed E-state index contributed by atoms with van der Waals surface area (Å²) in [6.45, 7) is 2.47. The molecule has 1 atom stereocenters. The molecular formula is C14H16BrNO2S. The predicted molar refractivity (Wildman–Crippen MR) is 81.9 cm³/mol. The summed E-state index contributed by atoms with van der Waals surface area (Å²) in [6.07, 6.45) is 0. The van der Waals surface area contributed by atoms with Gasteiger partial charge in [-0.05, 0) is 46.6 Å². The van der Waals surface area contributed by atoms with Crippen LogP contribution < -0.4 is 15.2 Å². The Hall–Kier alpha value is -1.04. The lowest BCUT2D eigenvalue weighted by Crippen LogP contribution is -2.05. The van der Waals surface area contributed by atoms with Gasteiger partial charge in [0.2, 0.25) is 0 Å². The molecule has 3 nitrogen and oxygen atoms in total. The number of rotatable bonds is 5. The van der Waals surface area contributed by atoms with E-state index in [1.165, 1.54) is 0 Å². The Labute approximate surface area is 125 Å². The van der Waals surface area contributed by atoms with E-state index in [1.54, 1.807) is 18.4 Å². The minimum Gasteiger partial charge on any atom is -0.493 e. The first-order valence-corrected chi connectivity index (χ1v) is 7.56. The summed E-state index contributed by atoms with van der Waals surface area (Å²) in [5.74, 6) is 1.45. The summed E-state index contributed by atoms with van der Waals surface area (Å²) in [7, 11) is 1.63. The lowest BCUT2D eigenvalue weighted by Gasteiger charge is -2.13. The predicted octanol–water partition coefficient (Wildman–Crippen LogP) is 4.12. The van der Waals surface area contributed by atoms with Crippen LogP contribution in [0.1, 0.15) is 23.4 Å². The molecule has 1 heterocycles. The van der Waals surface area contributed by atoms with Crippen molar-refractivity contribution in [1.29, 1.82) is 0 Å². The molecule has 1 unspecified atom stereocenters. The van der Waals surface area contributed by atoms with Crippen molar-refractivity contribution in [2.75, 3.05) is 7.11 Å². The molecule has 5 heteroatoms. The molecule has 0 spiro atoms. The summed E-state index contributed by atoms with van der Waals surface area (Å²) in [6, 6.07) is 7.82. The van der Waals surface area contributed by atoms with E-state index in [0.29, 0.717) is 12.4 Å². The van der Waals surface area contributed by atoms with Gasteiger partial charge in [-0.25, -0.2) is 0 Å². The topological polar surface area (TPSA) is 44.5 Å². The second-order valence-electron chi connectivity index (χ2n) is 4.22. The van der Waals surface area contributed by atoms with Gasteiger partial charge in [0.25, 0.3) is 0 Å². The van der Waals surface area contributed by atoms with Crippen LogP contribution >= 0.6 is 27.3 Å². The molecule has 1 aromatic heterocycles. The molecule has 2 aromatic rings. The van der Waals surface area contributed by atoms with Gasteiger partial charge in [0, 0.05) is 20.8 Å². The first-order chi connectivity index (χ1) is 9.10. The highest BCUT2D eigenvalue weighted by molar-refractivity contribution is 9.10. The van der Waals surface area contributed by atoms with Crippen molar-refractivity contribution in [1.82, 2.24) is 0 Å². The van der Waals surface area contributed by atoms with Crippen molar-refractivity contribution >= 4 is 27.3 Å². The number of hydrogen-bond donors (Lipinski definition) is 1. The van der Waals surface area contributed by atoms with Crippen LogP contribution in [-0.2, 0) is 6.61 Å². The normalized spacial score (nSPS) is 12.2. The molecule has 19 heavy (non-hydrogen) atoms. The highest BCUT2D eigenvalue weighted by atomic mass is 79.9. The van der Waals surface area contributed by atoms with Gasteiger partial charge in [0.15, 0.2) is 11.5 Å². The van der Waals surface area contributed by atoms with Crippen LogP contribution in [-0.4, -0.2) is 7.11 Å². The van der Waals surface area contributed by atoms with Gasteiger partial charge in [0.1, 0.15) is 6.61 Å². The molecule has 0 radical (unpaired) electrons. The Balaban J connectivity index is 2.11. The molecule has 0 bridgehead atoms. The largest absolute Gasteiger partial charge is 0.493 e. The average molecular weight is 342 g/mol. The second kappa shape index (κ2) is 6.41. The molecule has 0 aliphatic rings. The number of halogens is 1. The van der Waals surface area contributed by atoms with Crippen LogP contribution in [0.3, 0.4) is 0 Å². The van der Waals surface area contributed by atoms with Crippen LogP contribution in [0.2, 0.25) is 0 Å². The Morgan fingerprint density at radius 2 is 2.11 bits per heavy atom. The fourth-order valence-electron chi connectivity index (χ4n) is 1.67. The number of benzene rings is 1. The highest BCUT2D eigenvalue weighted by Gasteiger charge is 2.09. The zero-order valence-corrected chi connectivity index (χ0v) is 13.3. The van der Waals surface area contributed by atoms with Crippen LogP contribution in [0.5, 0.6) is 11.5 Å². The molecule has 2 rings (SSSR count). The summed E-state index contributed by atoms with van der Waals surface area (Å²) >= 11 is 5.09. The maximum Gasteiger partial charge on any atom is 0.161 e. The zero-order valence-electron chi connectivity index (χ0n) is 10.9. The van der Waals surface area contributed by atoms with E-state index in [1.807, 2.05) is 36.6 Å². The SMILES string of the molecule is COc1cc(C(C)N)ccc1OCc1cc(Br)cs1. The van der Waals surface area contributed by atoms with Gasteiger partial charge >= 0.3 is 0 Å². The Morgan fingerprint density at radius 1 is 1.32 bits per heavy atom. The van der Waals surface area contributed by atoms with E-state index in [2.05, 4.69) is 15.9 Å². The molecule has 0 saturated carbocycles. The molecule has 0 aliphatic heterocycles. The molecule has 0 amide bonds. The Bertz CT molecular complexity index is 554.